The van der Waals surface area contributed by atoms with Gasteiger partial charge < -0.3 is 9.47 Å². The molecule has 296 valence electrons. The van der Waals surface area contributed by atoms with Crippen LogP contribution in [0.25, 0.3) is 78.4 Å². The first kappa shape index (κ1) is 36.2. The second kappa shape index (κ2) is 15.1. The molecule has 2 aliphatic carbocycles. The summed E-state index contributed by atoms with van der Waals surface area (Å²) in [5.74, 6) is 2.05. The third-order valence-electron chi connectivity index (χ3n) is 12.9. The molecule has 62 heavy (non-hydrogen) atoms. The fourth-order valence-electron chi connectivity index (χ4n) is 9.94. The summed E-state index contributed by atoms with van der Waals surface area (Å²) in [7, 11) is 0. The number of hydrogen-bond donors (Lipinski definition) is 0. The molecule has 0 bridgehead atoms. The number of benzene rings is 8. The van der Waals surface area contributed by atoms with Gasteiger partial charge in [0.15, 0.2) is 17.5 Å². The topological polar surface area (TPSA) is 46.8 Å². The van der Waals surface area contributed by atoms with Crippen LogP contribution in [0.1, 0.15) is 41.6 Å². The molecule has 0 saturated heterocycles. The number of rotatable bonds is 7. The zero-order chi connectivity index (χ0) is 41.0. The highest BCUT2D eigenvalue weighted by Crippen LogP contribution is 2.45. The second-order valence-corrected chi connectivity index (χ2v) is 16.6. The molecule has 2 heterocycles. The summed E-state index contributed by atoms with van der Waals surface area (Å²) in [5.41, 5.74) is 14.3. The summed E-state index contributed by atoms with van der Waals surface area (Å²) in [5, 5.41) is 5.99. The SMILES string of the molecule is C1=C(N(c2ccccc2)c2ccc3ccccc3c2)CCc2c1c1c3ccccc3c(-c3nc(-c4ccccc4)nc(-c4ccc5c(c4)CCCC5)n3)cc1n2-c1ccccc1. The average molecular weight is 798 g/mol. The second-order valence-electron chi connectivity index (χ2n) is 16.6. The minimum absolute atomic E-state index is 0.672. The van der Waals surface area contributed by atoms with Crippen LogP contribution in [-0.2, 0) is 19.3 Å². The van der Waals surface area contributed by atoms with Crippen molar-refractivity contribution in [2.75, 3.05) is 4.90 Å². The Morgan fingerprint density at radius 2 is 1.11 bits per heavy atom. The van der Waals surface area contributed by atoms with Crippen LogP contribution in [0.4, 0.5) is 11.4 Å². The third-order valence-corrected chi connectivity index (χ3v) is 12.9. The smallest absolute Gasteiger partial charge is 0.164 e. The van der Waals surface area contributed by atoms with Crippen molar-refractivity contribution in [3.8, 4) is 39.9 Å². The quantitative estimate of drug-likeness (QED) is 0.161. The first-order chi connectivity index (χ1) is 30.7. The number of aryl methyl sites for hydroxylation is 2. The van der Waals surface area contributed by atoms with Gasteiger partial charge in [0.1, 0.15) is 0 Å². The van der Waals surface area contributed by atoms with Crippen LogP contribution in [0.5, 0.6) is 0 Å². The summed E-state index contributed by atoms with van der Waals surface area (Å²) in [6.45, 7) is 0. The monoisotopic (exact) mass is 797 g/mol. The Balaban J connectivity index is 1.10. The number of fused-ring (bicyclic) bond motifs is 7. The predicted octanol–water partition coefficient (Wildman–Crippen LogP) is 14.1. The number of allylic oxidation sites excluding steroid dienone is 1. The Morgan fingerprint density at radius 1 is 0.452 bits per heavy atom. The first-order valence-electron chi connectivity index (χ1n) is 21.9. The summed E-state index contributed by atoms with van der Waals surface area (Å²) < 4.78 is 2.49. The van der Waals surface area contributed by atoms with Gasteiger partial charge >= 0.3 is 0 Å². The maximum atomic E-state index is 5.36. The van der Waals surface area contributed by atoms with E-state index in [0.29, 0.717) is 17.5 Å². The summed E-state index contributed by atoms with van der Waals surface area (Å²) >= 11 is 0. The molecule has 10 aromatic rings. The van der Waals surface area contributed by atoms with Crippen LogP contribution in [0.3, 0.4) is 0 Å². The number of anilines is 2. The summed E-state index contributed by atoms with van der Waals surface area (Å²) in [6, 6.07) is 65.4. The molecule has 0 spiro atoms. The molecule has 8 aromatic carbocycles. The van der Waals surface area contributed by atoms with E-state index in [2.05, 4.69) is 191 Å². The Bertz CT molecular complexity index is 3350. The van der Waals surface area contributed by atoms with Crippen LogP contribution in [0, 0.1) is 0 Å². The van der Waals surface area contributed by atoms with E-state index in [0.717, 1.165) is 70.3 Å². The Hall–Kier alpha value is -7.63. The lowest BCUT2D eigenvalue weighted by Gasteiger charge is -2.30. The van der Waals surface area contributed by atoms with Gasteiger partial charge in [-0.3, -0.25) is 0 Å². The minimum atomic E-state index is 0.672. The number of hydrogen-bond acceptors (Lipinski definition) is 4. The van der Waals surface area contributed by atoms with E-state index in [4.69, 9.17) is 15.0 Å². The molecule has 0 N–H and O–H groups in total. The van der Waals surface area contributed by atoms with Gasteiger partial charge in [-0.15, -0.1) is 0 Å². The van der Waals surface area contributed by atoms with Crippen LogP contribution >= 0.6 is 0 Å². The number of nitrogens with zero attached hydrogens (tertiary/aromatic N) is 5. The molecule has 2 aliphatic rings. The molecular weight excluding hydrogens is 755 g/mol. The van der Waals surface area contributed by atoms with E-state index in [1.165, 1.54) is 62.5 Å². The minimum Gasteiger partial charge on any atom is -0.314 e. The third kappa shape index (κ3) is 6.28. The van der Waals surface area contributed by atoms with Gasteiger partial charge in [-0.05, 0) is 126 Å². The maximum Gasteiger partial charge on any atom is 0.164 e. The van der Waals surface area contributed by atoms with Crippen LogP contribution in [-0.4, -0.2) is 19.5 Å². The molecular formula is C57H43N5. The Kier molecular flexibility index (Phi) is 8.84. The fraction of sp³-hybridized carbons (Fsp3) is 0.105. The lowest BCUT2D eigenvalue weighted by molar-refractivity contribution is 0.686. The van der Waals surface area contributed by atoms with Crippen molar-refractivity contribution in [1.82, 2.24) is 19.5 Å². The van der Waals surface area contributed by atoms with Gasteiger partial charge in [-0.1, -0.05) is 133 Å². The molecule has 0 amide bonds. The largest absolute Gasteiger partial charge is 0.314 e. The first-order valence-corrected chi connectivity index (χ1v) is 21.9. The van der Waals surface area contributed by atoms with Crippen molar-refractivity contribution < 1.29 is 0 Å². The van der Waals surface area contributed by atoms with Crippen LogP contribution < -0.4 is 4.90 Å². The van der Waals surface area contributed by atoms with Gasteiger partial charge in [0.2, 0.25) is 0 Å². The highest BCUT2D eigenvalue weighted by Gasteiger charge is 2.28. The molecule has 0 radical (unpaired) electrons. The highest BCUT2D eigenvalue weighted by molar-refractivity contribution is 6.17. The Labute approximate surface area is 361 Å². The van der Waals surface area contributed by atoms with Crippen molar-refractivity contribution in [1.29, 1.82) is 0 Å². The van der Waals surface area contributed by atoms with E-state index in [1.807, 2.05) is 6.07 Å². The van der Waals surface area contributed by atoms with Gasteiger partial charge in [0, 0.05) is 56.1 Å². The van der Waals surface area contributed by atoms with Crippen molar-refractivity contribution in [2.24, 2.45) is 0 Å². The summed E-state index contributed by atoms with van der Waals surface area (Å²) in [6.07, 6.45) is 8.90. The molecule has 5 nitrogen and oxygen atoms in total. The standard InChI is InChI=1S/C57H43N5/c1-4-18-40(19-5-1)55-58-56(43-29-28-38-16-10-12-20-41(38)34-43)60-57(59-55)50-37-53-54(49-27-15-14-26-48(49)50)51-36-47(32-33-52(51)62(53)45-24-8-3-9-25-45)61(44-22-6-2-7-23-44)46-31-30-39-17-11-13-21-42(39)35-46/h1-9,11,13-15,17-19,21-31,34-37H,10,12,16,20,32-33H2. The molecule has 0 atom stereocenters. The highest BCUT2D eigenvalue weighted by atomic mass is 15.2. The molecule has 0 aliphatic heterocycles. The van der Waals surface area contributed by atoms with E-state index >= 15 is 0 Å². The van der Waals surface area contributed by atoms with Crippen molar-refractivity contribution in [3.05, 3.63) is 210 Å². The van der Waals surface area contributed by atoms with Crippen LogP contribution in [0.15, 0.2) is 188 Å². The summed E-state index contributed by atoms with van der Waals surface area (Å²) in [4.78, 5) is 18.3. The molecule has 0 unspecified atom stereocenters. The lowest BCUT2D eigenvalue weighted by Crippen LogP contribution is -2.19. The predicted molar refractivity (Wildman–Crippen MR) is 256 cm³/mol. The molecule has 12 rings (SSSR count). The van der Waals surface area contributed by atoms with E-state index in [9.17, 15) is 0 Å². The van der Waals surface area contributed by atoms with Crippen molar-refractivity contribution in [3.63, 3.8) is 0 Å². The normalized spacial score (nSPS) is 13.5. The van der Waals surface area contributed by atoms with E-state index in [-0.39, 0.29) is 0 Å². The maximum absolute atomic E-state index is 5.36. The Morgan fingerprint density at radius 3 is 1.92 bits per heavy atom. The fourth-order valence-corrected chi connectivity index (χ4v) is 9.94. The molecule has 0 fully saturated rings. The molecule has 5 heteroatoms. The zero-order valence-electron chi connectivity index (χ0n) is 34.4. The number of para-hydroxylation sites is 2. The van der Waals surface area contributed by atoms with Crippen molar-refractivity contribution in [2.45, 2.75) is 38.5 Å². The van der Waals surface area contributed by atoms with E-state index < -0.39 is 0 Å². The molecule has 2 aromatic heterocycles. The van der Waals surface area contributed by atoms with Gasteiger partial charge in [-0.2, -0.15) is 0 Å². The molecule has 0 saturated carbocycles. The average Bonchev–Trinajstić information content (AvgIpc) is 3.68. The number of aromatic nitrogens is 4. The van der Waals surface area contributed by atoms with Crippen LogP contribution in [0.2, 0.25) is 0 Å². The van der Waals surface area contributed by atoms with Gasteiger partial charge in [-0.25, -0.2) is 15.0 Å². The van der Waals surface area contributed by atoms with Crippen molar-refractivity contribution >= 4 is 49.9 Å². The van der Waals surface area contributed by atoms with E-state index in [1.54, 1.807) is 0 Å². The van der Waals surface area contributed by atoms with Gasteiger partial charge in [0.25, 0.3) is 0 Å². The van der Waals surface area contributed by atoms with Gasteiger partial charge in [0.05, 0.1) is 5.52 Å². The lowest BCUT2D eigenvalue weighted by atomic mass is 9.90. The zero-order valence-corrected chi connectivity index (χ0v) is 34.4.